The van der Waals surface area contributed by atoms with Crippen molar-refractivity contribution in [2.45, 2.75) is 45.7 Å². The maximum absolute atomic E-state index is 12.4. The van der Waals surface area contributed by atoms with Crippen LogP contribution in [0.3, 0.4) is 0 Å². The molecular formula is C11H25N3O2S. The van der Waals surface area contributed by atoms with E-state index in [4.69, 9.17) is 5.73 Å². The van der Waals surface area contributed by atoms with E-state index >= 15 is 0 Å². The highest BCUT2D eigenvalue weighted by molar-refractivity contribution is 7.86. The molecule has 0 aromatic heterocycles. The minimum absolute atomic E-state index is 0.0298. The van der Waals surface area contributed by atoms with E-state index in [0.717, 1.165) is 12.8 Å². The molecule has 1 rings (SSSR count). The number of hydrogen-bond acceptors (Lipinski definition) is 3. The van der Waals surface area contributed by atoms with Crippen LogP contribution in [0.4, 0.5) is 0 Å². The zero-order valence-corrected chi connectivity index (χ0v) is 12.1. The maximum atomic E-state index is 12.4. The topological polar surface area (TPSA) is 66.6 Å². The van der Waals surface area contributed by atoms with Crippen molar-refractivity contribution in [3.63, 3.8) is 0 Å². The van der Waals surface area contributed by atoms with Crippen molar-refractivity contribution < 1.29 is 8.42 Å². The van der Waals surface area contributed by atoms with Gasteiger partial charge in [-0.3, -0.25) is 0 Å². The Morgan fingerprint density at radius 3 is 2.53 bits per heavy atom. The predicted molar refractivity (Wildman–Crippen MR) is 69.8 cm³/mol. The highest BCUT2D eigenvalue weighted by atomic mass is 32.2. The van der Waals surface area contributed by atoms with Crippen LogP contribution in [0.25, 0.3) is 0 Å². The van der Waals surface area contributed by atoms with Crippen molar-refractivity contribution in [1.82, 2.24) is 8.61 Å². The Labute approximate surface area is 105 Å². The van der Waals surface area contributed by atoms with Gasteiger partial charge in [-0.05, 0) is 32.6 Å². The molecule has 1 heterocycles. The van der Waals surface area contributed by atoms with Gasteiger partial charge < -0.3 is 5.73 Å². The second-order valence-corrected chi connectivity index (χ2v) is 7.19. The molecule has 102 valence electrons. The van der Waals surface area contributed by atoms with Crippen molar-refractivity contribution in [1.29, 1.82) is 0 Å². The van der Waals surface area contributed by atoms with Crippen LogP contribution in [0.2, 0.25) is 0 Å². The molecule has 5 nitrogen and oxygen atoms in total. The minimum Gasteiger partial charge on any atom is -0.329 e. The van der Waals surface area contributed by atoms with E-state index in [-0.39, 0.29) is 12.1 Å². The third-order valence-corrected chi connectivity index (χ3v) is 5.81. The normalized spacial score (nSPS) is 27.9. The molecule has 2 atom stereocenters. The third-order valence-electron chi connectivity index (χ3n) is 3.58. The average Bonchev–Trinajstić information content (AvgIpc) is 2.27. The van der Waals surface area contributed by atoms with Crippen LogP contribution >= 0.6 is 0 Å². The Kier molecular flexibility index (Phi) is 4.95. The Bertz CT molecular complexity index is 343. The zero-order chi connectivity index (χ0) is 13.2. The molecule has 0 spiro atoms. The van der Waals surface area contributed by atoms with Gasteiger partial charge in [0.05, 0.1) is 0 Å². The summed E-state index contributed by atoms with van der Waals surface area (Å²) in [5, 5.41) is 0. The van der Waals surface area contributed by atoms with E-state index in [1.54, 1.807) is 11.4 Å². The molecular weight excluding hydrogens is 238 g/mol. The molecule has 1 aliphatic rings. The Hall–Kier alpha value is -0.170. The van der Waals surface area contributed by atoms with Gasteiger partial charge in [-0.2, -0.15) is 17.0 Å². The molecule has 0 aliphatic carbocycles. The van der Waals surface area contributed by atoms with Crippen LogP contribution < -0.4 is 5.73 Å². The van der Waals surface area contributed by atoms with Crippen molar-refractivity contribution in [3.05, 3.63) is 0 Å². The van der Waals surface area contributed by atoms with Gasteiger partial charge in [-0.1, -0.05) is 6.92 Å². The molecule has 6 heteroatoms. The zero-order valence-electron chi connectivity index (χ0n) is 11.3. The van der Waals surface area contributed by atoms with E-state index in [1.807, 2.05) is 13.8 Å². The van der Waals surface area contributed by atoms with Crippen molar-refractivity contribution in [2.24, 2.45) is 11.7 Å². The molecule has 1 aliphatic heterocycles. The number of piperidine rings is 1. The molecule has 0 aromatic rings. The maximum Gasteiger partial charge on any atom is 0.282 e. The van der Waals surface area contributed by atoms with E-state index in [0.29, 0.717) is 19.0 Å². The molecule has 17 heavy (non-hydrogen) atoms. The molecule has 1 fully saturated rings. The van der Waals surface area contributed by atoms with Gasteiger partial charge in [0.25, 0.3) is 10.2 Å². The van der Waals surface area contributed by atoms with Crippen LogP contribution in [0.5, 0.6) is 0 Å². The number of nitrogens with two attached hydrogens (primary N) is 1. The van der Waals surface area contributed by atoms with E-state index < -0.39 is 10.2 Å². The Morgan fingerprint density at radius 1 is 1.47 bits per heavy atom. The second-order valence-electron chi connectivity index (χ2n) is 5.25. The fourth-order valence-corrected chi connectivity index (χ4v) is 3.93. The van der Waals surface area contributed by atoms with E-state index in [1.165, 1.54) is 4.31 Å². The molecule has 2 N–H and O–H groups in total. The van der Waals surface area contributed by atoms with Gasteiger partial charge in [0, 0.05) is 32.2 Å². The summed E-state index contributed by atoms with van der Waals surface area (Å²) in [5.41, 5.74) is 5.70. The summed E-state index contributed by atoms with van der Waals surface area (Å²) < 4.78 is 27.8. The van der Waals surface area contributed by atoms with Crippen molar-refractivity contribution >= 4 is 10.2 Å². The summed E-state index contributed by atoms with van der Waals surface area (Å²) >= 11 is 0. The molecule has 1 saturated heterocycles. The average molecular weight is 263 g/mol. The fourth-order valence-electron chi connectivity index (χ4n) is 2.18. The number of rotatable bonds is 4. The fraction of sp³-hybridized carbons (Fsp3) is 1.00. The highest BCUT2D eigenvalue weighted by Crippen LogP contribution is 2.26. The first kappa shape index (κ1) is 14.9. The lowest BCUT2D eigenvalue weighted by atomic mass is 9.94. The van der Waals surface area contributed by atoms with Gasteiger partial charge in [0.1, 0.15) is 0 Å². The molecule has 0 bridgehead atoms. The summed E-state index contributed by atoms with van der Waals surface area (Å²) in [5.74, 6) is 0.555. The summed E-state index contributed by atoms with van der Waals surface area (Å²) in [6, 6.07) is -0.0808. The van der Waals surface area contributed by atoms with Crippen LogP contribution in [-0.2, 0) is 10.2 Å². The standard InChI is InChI=1S/C11H25N3O2S/c1-9(2)13(4)17(15,16)14-6-5-10(3)7-11(14)8-12/h9-11H,5-8,12H2,1-4H3. The van der Waals surface area contributed by atoms with Crippen LogP contribution in [-0.4, -0.2) is 49.2 Å². The number of hydrogen-bond donors (Lipinski definition) is 1. The SMILES string of the molecule is CC1CCN(S(=O)(=O)N(C)C(C)C)C(CN)C1. The minimum atomic E-state index is -3.36. The Balaban J connectivity index is 2.90. The predicted octanol–water partition coefficient (Wildman–Crippen LogP) is 0.631. The van der Waals surface area contributed by atoms with Crippen molar-refractivity contribution in [2.75, 3.05) is 20.1 Å². The first-order valence-electron chi connectivity index (χ1n) is 6.25. The van der Waals surface area contributed by atoms with Crippen LogP contribution in [0.15, 0.2) is 0 Å². The monoisotopic (exact) mass is 263 g/mol. The van der Waals surface area contributed by atoms with Crippen molar-refractivity contribution in [3.8, 4) is 0 Å². The first-order chi connectivity index (χ1) is 7.80. The van der Waals surface area contributed by atoms with E-state index in [9.17, 15) is 8.42 Å². The third kappa shape index (κ3) is 3.19. The lowest BCUT2D eigenvalue weighted by Crippen LogP contribution is -2.54. The summed E-state index contributed by atoms with van der Waals surface area (Å²) in [6.45, 7) is 6.89. The van der Waals surface area contributed by atoms with Gasteiger partial charge in [-0.15, -0.1) is 0 Å². The van der Waals surface area contributed by atoms with Gasteiger partial charge in [0.15, 0.2) is 0 Å². The largest absolute Gasteiger partial charge is 0.329 e. The molecule has 0 saturated carbocycles. The van der Waals surface area contributed by atoms with Gasteiger partial charge in [-0.25, -0.2) is 0 Å². The molecule has 0 aromatic carbocycles. The van der Waals surface area contributed by atoms with Crippen LogP contribution in [0, 0.1) is 5.92 Å². The summed E-state index contributed by atoms with van der Waals surface area (Å²) in [7, 11) is -1.73. The molecule has 2 unspecified atom stereocenters. The molecule has 0 radical (unpaired) electrons. The van der Waals surface area contributed by atoms with Gasteiger partial charge in [0.2, 0.25) is 0 Å². The highest BCUT2D eigenvalue weighted by Gasteiger charge is 2.36. The lowest BCUT2D eigenvalue weighted by Gasteiger charge is -2.39. The van der Waals surface area contributed by atoms with E-state index in [2.05, 4.69) is 6.92 Å². The second kappa shape index (κ2) is 5.65. The molecule has 0 amide bonds. The number of nitrogens with zero attached hydrogens (tertiary/aromatic N) is 2. The summed E-state index contributed by atoms with van der Waals surface area (Å²) in [6.07, 6.45) is 1.78. The quantitative estimate of drug-likeness (QED) is 0.809. The summed E-state index contributed by atoms with van der Waals surface area (Å²) in [4.78, 5) is 0. The van der Waals surface area contributed by atoms with Gasteiger partial charge >= 0.3 is 0 Å². The smallest absolute Gasteiger partial charge is 0.282 e. The Morgan fingerprint density at radius 2 is 2.06 bits per heavy atom. The first-order valence-corrected chi connectivity index (χ1v) is 7.65. The van der Waals surface area contributed by atoms with Crippen LogP contribution in [0.1, 0.15) is 33.6 Å². The lowest BCUT2D eigenvalue weighted by molar-refractivity contribution is 0.196.